The molecule has 8 nitrogen and oxygen atoms in total. The van der Waals surface area contributed by atoms with Gasteiger partial charge in [-0.2, -0.15) is 0 Å². The molecule has 0 radical (unpaired) electrons. The van der Waals surface area contributed by atoms with E-state index in [1.807, 2.05) is 17.0 Å². The van der Waals surface area contributed by atoms with Crippen molar-refractivity contribution in [1.82, 2.24) is 9.80 Å². The standard InChI is InChI=1S/C30H48N2O6/c1-7-10-13-31(14-11-8-2)26(33)19-32-18-22(21-15-24(36-6)28-25(16-21)37-20-38-28)27(29(34)35)23(32)17-30(4,5)12-9-3/h15-16,22-23,27H,7-14,17-20H2,1-6H3,(H,34,35)/t22-,23?,27?/m1/s1. The number of nitrogens with zero attached hydrogens (tertiary/aromatic N) is 2. The van der Waals surface area contributed by atoms with E-state index in [0.717, 1.165) is 57.2 Å². The smallest absolute Gasteiger partial charge is 0.308 e. The number of carboxylic acid groups (broad SMARTS) is 1. The van der Waals surface area contributed by atoms with Crippen LogP contribution in [0.2, 0.25) is 0 Å². The fraction of sp³-hybridized carbons (Fsp3) is 0.733. The Morgan fingerprint density at radius 2 is 1.79 bits per heavy atom. The lowest BCUT2D eigenvalue weighted by Gasteiger charge is -2.35. The highest BCUT2D eigenvalue weighted by Crippen LogP contribution is 2.48. The molecule has 1 N–H and O–H groups in total. The molecule has 8 heteroatoms. The third-order valence-corrected chi connectivity index (χ3v) is 8.08. The molecule has 38 heavy (non-hydrogen) atoms. The predicted octanol–water partition coefficient (Wildman–Crippen LogP) is 5.54. The number of methoxy groups -OCH3 is 1. The largest absolute Gasteiger partial charge is 0.493 e. The van der Waals surface area contributed by atoms with Crippen LogP contribution in [0, 0.1) is 11.3 Å². The lowest BCUT2D eigenvalue weighted by Crippen LogP contribution is -2.46. The van der Waals surface area contributed by atoms with Gasteiger partial charge in [0.05, 0.1) is 19.6 Å². The first-order valence-electron chi connectivity index (χ1n) is 14.4. The first kappa shape index (κ1) is 30.1. The number of amides is 1. The second-order valence-corrected chi connectivity index (χ2v) is 11.6. The predicted molar refractivity (Wildman–Crippen MR) is 148 cm³/mol. The average molecular weight is 533 g/mol. The van der Waals surface area contributed by atoms with Crippen LogP contribution in [-0.4, -0.2) is 72.9 Å². The van der Waals surface area contributed by atoms with Gasteiger partial charge in [0, 0.05) is 31.6 Å². The number of fused-ring (bicyclic) bond motifs is 1. The van der Waals surface area contributed by atoms with E-state index in [2.05, 4.69) is 39.5 Å². The summed E-state index contributed by atoms with van der Waals surface area (Å²) in [6.07, 6.45) is 6.75. The summed E-state index contributed by atoms with van der Waals surface area (Å²) >= 11 is 0. The van der Waals surface area contributed by atoms with E-state index < -0.39 is 11.9 Å². The Labute approximate surface area is 228 Å². The molecular weight excluding hydrogens is 484 g/mol. The molecule has 0 spiro atoms. The number of carbonyl (C=O) groups is 2. The minimum absolute atomic E-state index is 0.0417. The van der Waals surface area contributed by atoms with Crippen LogP contribution in [-0.2, 0) is 9.59 Å². The average Bonchev–Trinajstić information content (AvgIpc) is 3.48. The summed E-state index contributed by atoms with van der Waals surface area (Å²) in [5.41, 5.74) is 0.806. The van der Waals surface area contributed by atoms with Gasteiger partial charge < -0.3 is 24.2 Å². The number of carbonyl (C=O) groups excluding carboxylic acids is 1. The fourth-order valence-electron chi connectivity index (χ4n) is 6.13. The van der Waals surface area contributed by atoms with Crippen molar-refractivity contribution in [1.29, 1.82) is 0 Å². The van der Waals surface area contributed by atoms with E-state index >= 15 is 0 Å². The number of hydrogen-bond acceptors (Lipinski definition) is 6. The Morgan fingerprint density at radius 3 is 2.37 bits per heavy atom. The molecule has 1 fully saturated rings. The summed E-state index contributed by atoms with van der Waals surface area (Å²) in [6.45, 7) is 13.2. The van der Waals surface area contributed by atoms with Crippen molar-refractivity contribution >= 4 is 11.9 Å². The van der Waals surface area contributed by atoms with E-state index in [9.17, 15) is 14.7 Å². The van der Waals surface area contributed by atoms with Crippen LogP contribution in [0.4, 0.5) is 0 Å². The van der Waals surface area contributed by atoms with E-state index in [1.54, 1.807) is 7.11 Å². The molecular formula is C30H48N2O6. The third kappa shape index (κ3) is 7.13. The summed E-state index contributed by atoms with van der Waals surface area (Å²) in [4.78, 5) is 30.6. The zero-order valence-corrected chi connectivity index (χ0v) is 24.3. The summed E-state index contributed by atoms with van der Waals surface area (Å²) in [5.74, 6) is -0.00940. The fourth-order valence-corrected chi connectivity index (χ4v) is 6.13. The maximum Gasteiger partial charge on any atom is 0.308 e. The molecule has 0 saturated carbocycles. The topological polar surface area (TPSA) is 88.5 Å². The minimum Gasteiger partial charge on any atom is -0.493 e. The molecule has 2 heterocycles. The first-order valence-corrected chi connectivity index (χ1v) is 14.4. The highest BCUT2D eigenvalue weighted by Gasteiger charge is 2.49. The maximum atomic E-state index is 13.6. The van der Waals surface area contributed by atoms with Crippen LogP contribution in [0.1, 0.15) is 91.0 Å². The SMILES string of the molecule is CCCCN(CCCC)C(=O)CN1C[C@H](c2cc(OC)c3c(c2)OCO3)C(C(=O)O)C1CC(C)(C)CCC. The van der Waals surface area contributed by atoms with Gasteiger partial charge in [-0.05, 0) is 48.8 Å². The Balaban J connectivity index is 1.96. The molecule has 1 aromatic carbocycles. The van der Waals surface area contributed by atoms with Gasteiger partial charge in [-0.3, -0.25) is 14.5 Å². The minimum atomic E-state index is -0.826. The number of unbranched alkanes of at least 4 members (excludes halogenated alkanes) is 2. The summed E-state index contributed by atoms with van der Waals surface area (Å²) in [6, 6.07) is 3.51. The Bertz CT molecular complexity index is 941. The molecule has 1 saturated heterocycles. The van der Waals surface area contributed by atoms with Gasteiger partial charge in [0.2, 0.25) is 18.4 Å². The van der Waals surface area contributed by atoms with Crippen LogP contribution in [0.15, 0.2) is 12.1 Å². The van der Waals surface area contributed by atoms with Gasteiger partial charge >= 0.3 is 5.97 Å². The van der Waals surface area contributed by atoms with Crippen LogP contribution in [0.3, 0.4) is 0 Å². The van der Waals surface area contributed by atoms with E-state index in [-0.39, 0.29) is 36.6 Å². The van der Waals surface area contributed by atoms with Crippen LogP contribution in [0.5, 0.6) is 17.2 Å². The molecule has 3 rings (SSSR count). The molecule has 2 aliphatic rings. The molecule has 0 aliphatic carbocycles. The van der Waals surface area contributed by atoms with Crippen molar-refractivity contribution in [2.45, 2.75) is 91.5 Å². The van der Waals surface area contributed by atoms with Crippen LogP contribution >= 0.6 is 0 Å². The lowest BCUT2D eigenvalue weighted by atomic mass is 9.76. The number of likely N-dealkylation sites (tertiary alicyclic amines) is 1. The molecule has 0 bridgehead atoms. The normalized spacial score (nSPS) is 21.1. The lowest BCUT2D eigenvalue weighted by molar-refractivity contribution is -0.144. The summed E-state index contributed by atoms with van der Waals surface area (Å²) in [5, 5.41) is 10.5. The van der Waals surface area contributed by atoms with Gasteiger partial charge in [-0.15, -0.1) is 0 Å². The third-order valence-electron chi connectivity index (χ3n) is 8.08. The van der Waals surface area contributed by atoms with Crippen LogP contribution < -0.4 is 14.2 Å². The number of aliphatic carboxylic acids is 1. The number of hydrogen-bond donors (Lipinski definition) is 1. The summed E-state index contributed by atoms with van der Waals surface area (Å²) in [7, 11) is 1.58. The molecule has 1 amide bonds. The van der Waals surface area contributed by atoms with E-state index in [1.165, 1.54) is 0 Å². The number of carboxylic acids is 1. The second-order valence-electron chi connectivity index (χ2n) is 11.6. The highest BCUT2D eigenvalue weighted by atomic mass is 16.7. The van der Waals surface area contributed by atoms with Crippen molar-refractivity contribution < 1.29 is 28.9 Å². The van der Waals surface area contributed by atoms with E-state index in [0.29, 0.717) is 30.2 Å². The maximum absolute atomic E-state index is 13.6. The Kier molecular flexibility index (Phi) is 10.7. The zero-order valence-electron chi connectivity index (χ0n) is 24.3. The Hall–Kier alpha value is -2.48. The van der Waals surface area contributed by atoms with Crippen molar-refractivity contribution in [3.05, 3.63) is 17.7 Å². The van der Waals surface area contributed by atoms with Crippen molar-refractivity contribution in [2.75, 3.05) is 40.1 Å². The van der Waals surface area contributed by atoms with Gasteiger partial charge in [0.1, 0.15) is 0 Å². The number of benzene rings is 1. The monoisotopic (exact) mass is 532 g/mol. The molecule has 0 aromatic heterocycles. The summed E-state index contributed by atoms with van der Waals surface area (Å²) < 4.78 is 16.8. The molecule has 1 aromatic rings. The van der Waals surface area contributed by atoms with Gasteiger partial charge in [0.15, 0.2) is 11.5 Å². The van der Waals surface area contributed by atoms with Gasteiger partial charge in [-0.25, -0.2) is 0 Å². The zero-order chi connectivity index (χ0) is 27.9. The van der Waals surface area contributed by atoms with Crippen LogP contribution in [0.25, 0.3) is 0 Å². The first-order chi connectivity index (χ1) is 18.1. The van der Waals surface area contributed by atoms with Gasteiger partial charge in [-0.1, -0.05) is 53.9 Å². The van der Waals surface area contributed by atoms with E-state index in [4.69, 9.17) is 14.2 Å². The van der Waals surface area contributed by atoms with Crippen molar-refractivity contribution in [3.8, 4) is 17.2 Å². The van der Waals surface area contributed by atoms with Crippen molar-refractivity contribution in [3.63, 3.8) is 0 Å². The quantitative estimate of drug-likeness (QED) is 0.317. The molecule has 2 aliphatic heterocycles. The molecule has 214 valence electrons. The number of ether oxygens (including phenoxy) is 3. The highest BCUT2D eigenvalue weighted by molar-refractivity contribution is 5.79. The Morgan fingerprint density at radius 1 is 1.11 bits per heavy atom. The number of rotatable bonds is 15. The van der Waals surface area contributed by atoms with Gasteiger partial charge in [0.25, 0.3) is 0 Å². The molecule has 3 atom stereocenters. The second kappa shape index (κ2) is 13.5. The molecule has 2 unspecified atom stereocenters. The van der Waals surface area contributed by atoms with Crippen molar-refractivity contribution in [2.24, 2.45) is 11.3 Å².